The number of carbonyl (C=O) groups is 1. The van der Waals surface area contributed by atoms with Gasteiger partial charge in [0, 0.05) is 31.3 Å². The summed E-state index contributed by atoms with van der Waals surface area (Å²) in [6.07, 6.45) is 3.76. The second kappa shape index (κ2) is 5.21. The Morgan fingerprint density at radius 1 is 1.35 bits per heavy atom. The summed E-state index contributed by atoms with van der Waals surface area (Å²) in [6, 6.07) is 10.9. The maximum Gasteiger partial charge on any atom is 0.306 e. The van der Waals surface area contributed by atoms with E-state index in [4.69, 9.17) is 4.74 Å². The molecule has 3 nitrogen and oxygen atoms in total. The smallest absolute Gasteiger partial charge is 0.306 e. The first-order chi connectivity index (χ1) is 9.65. The molecule has 2 saturated heterocycles. The second-order valence-corrected chi connectivity index (χ2v) is 6.15. The molecule has 0 N–H and O–H groups in total. The highest BCUT2D eigenvalue weighted by atomic mass is 16.6. The van der Waals surface area contributed by atoms with E-state index in [-0.39, 0.29) is 5.97 Å². The van der Waals surface area contributed by atoms with Crippen LogP contribution in [0.4, 0.5) is 0 Å². The number of ether oxygens (including phenoxy) is 1. The van der Waals surface area contributed by atoms with Crippen LogP contribution in [0.1, 0.15) is 38.2 Å². The molecular formula is C17H23NO2. The summed E-state index contributed by atoms with van der Waals surface area (Å²) in [4.78, 5) is 14.4. The van der Waals surface area contributed by atoms with Crippen LogP contribution < -0.4 is 0 Å². The number of hydrogen-bond acceptors (Lipinski definition) is 3. The molecule has 2 heterocycles. The molecule has 2 aliphatic heterocycles. The molecule has 0 unspecified atom stereocenters. The zero-order valence-corrected chi connectivity index (χ0v) is 12.3. The number of benzene rings is 1. The maximum atomic E-state index is 12.0. The van der Waals surface area contributed by atoms with Crippen molar-refractivity contribution in [3.05, 3.63) is 35.9 Å². The molecule has 1 aliphatic carbocycles. The predicted octanol–water partition coefficient (Wildman–Crippen LogP) is 2.95. The highest BCUT2D eigenvalue weighted by Gasteiger charge is 2.53. The average Bonchev–Trinajstić information content (AvgIpc) is 2.49. The molecule has 3 fully saturated rings. The van der Waals surface area contributed by atoms with Gasteiger partial charge >= 0.3 is 5.97 Å². The molecule has 3 atom stereocenters. The zero-order chi connectivity index (χ0) is 14.2. The number of carbonyl (C=O) groups excluding carboxylic acids is 1. The normalized spacial score (nSPS) is 33.1. The minimum absolute atomic E-state index is 0.0796. The molecule has 1 saturated carbocycles. The van der Waals surface area contributed by atoms with Crippen LogP contribution in [-0.4, -0.2) is 30.5 Å². The Hall–Kier alpha value is -1.35. The van der Waals surface area contributed by atoms with Crippen molar-refractivity contribution < 1.29 is 9.53 Å². The largest absolute Gasteiger partial charge is 0.454 e. The van der Waals surface area contributed by atoms with E-state index in [1.807, 2.05) is 25.1 Å². The standard InChI is InChI=1S/C17H23NO2/c1-3-16(19)20-17(13-7-5-4-6-8-13)11-15-10-9-14(17)12-18(15)2/h4-8,14-15H,3,9-12H2,1-2H3/t14-,15+,17+/m0/s1. The Labute approximate surface area is 120 Å². The van der Waals surface area contributed by atoms with Crippen LogP contribution in [0.5, 0.6) is 0 Å². The van der Waals surface area contributed by atoms with Gasteiger partial charge in [-0.2, -0.15) is 0 Å². The Kier molecular flexibility index (Phi) is 3.55. The van der Waals surface area contributed by atoms with Crippen molar-refractivity contribution >= 4 is 5.97 Å². The third-order valence-corrected chi connectivity index (χ3v) is 5.03. The summed E-state index contributed by atoms with van der Waals surface area (Å²) in [5, 5.41) is 0. The lowest BCUT2D eigenvalue weighted by Crippen LogP contribution is -2.59. The molecule has 108 valence electrons. The molecule has 0 spiro atoms. The fourth-order valence-corrected chi connectivity index (χ4v) is 3.89. The summed E-state index contributed by atoms with van der Waals surface area (Å²) in [5.41, 5.74) is 0.772. The summed E-state index contributed by atoms with van der Waals surface area (Å²) in [7, 11) is 2.19. The van der Waals surface area contributed by atoms with E-state index in [1.54, 1.807) is 0 Å². The first kappa shape index (κ1) is 13.6. The minimum Gasteiger partial charge on any atom is -0.454 e. The number of esters is 1. The van der Waals surface area contributed by atoms with E-state index in [0.29, 0.717) is 18.4 Å². The topological polar surface area (TPSA) is 29.5 Å². The molecular weight excluding hydrogens is 250 g/mol. The van der Waals surface area contributed by atoms with Gasteiger partial charge in [-0.15, -0.1) is 0 Å². The van der Waals surface area contributed by atoms with Crippen molar-refractivity contribution in [3.63, 3.8) is 0 Å². The Morgan fingerprint density at radius 3 is 2.65 bits per heavy atom. The van der Waals surface area contributed by atoms with Gasteiger partial charge in [0.2, 0.25) is 0 Å². The van der Waals surface area contributed by atoms with Gasteiger partial charge in [0.05, 0.1) is 0 Å². The Balaban J connectivity index is 1.99. The first-order valence-electron chi connectivity index (χ1n) is 7.63. The van der Waals surface area contributed by atoms with E-state index in [9.17, 15) is 4.79 Å². The van der Waals surface area contributed by atoms with Gasteiger partial charge in [0.1, 0.15) is 5.60 Å². The molecule has 20 heavy (non-hydrogen) atoms. The molecule has 0 radical (unpaired) electrons. The Bertz CT molecular complexity index is 487. The zero-order valence-electron chi connectivity index (χ0n) is 12.3. The molecule has 3 aliphatic rings. The van der Waals surface area contributed by atoms with Crippen molar-refractivity contribution in [3.8, 4) is 0 Å². The average molecular weight is 273 g/mol. The third-order valence-electron chi connectivity index (χ3n) is 5.03. The quantitative estimate of drug-likeness (QED) is 0.793. The van der Waals surface area contributed by atoms with Gasteiger partial charge in [-0.05, 0) is 25.5 Å². The van der Waals surface area contributed by atoms with Crippen LogP contribution in [0, 0.1) is 5.92 Å². The van der Waals surface area contributed by atoms with Crippen molar-refractivity contribution in [1.29, 1.82) is 0 Å². The van der Waals surface area contributed by atoms with Gasteiger partial charge in [-0.1, -0.05) is 37.3 Å². The maximum absolute atomic E-state index is 12.0. The van der Waals surface area contributed by atoms with Crippen LogP contribution in [0.25, 0.3) is 0 Å². The molecule has 1 aromatic carbocycles. The molecule has 1 aromatic rings. The minimum atomic E-state index is -0.399. The van der Waals surface area contributed by atoms with Crippen molar-refractivity contribution in [2.24, 2.45) is 5.92 Å². The number of piperidine rings is 2. The summed E-state index contributed by atoms with van der Waals surface area (Å²) in [6.45, 7) is 2.89. The number of hydrogen-bond donors (Lipinski definition) is 0. The second-order valence-electron chi connectivity index (χ2n) is 6.15. The number of fused-ring (bicyclic) bond motifs is 3. The van der Waals surface area contributed by atoms with Crippen LogP contribution in [0.15, 0.2) is 30.3 Å². The lowest BCUT2D eigenvalue weighted by atomic mass is 9.66. The monoisotopic (exact) mass is 273 g/mol. The van der Waals surface area contributed by atoms with E-state index >= 15 is 0 Å². The summed E-state index contributed by atoms with van der Waals surface area (Å²) < 4.78 is 6.03. The predicted molar refractivity (Wildman–Crippen MR) is 78.3 cm³/mol. The van der Waals surface area contributed by atoms with E-state index < -0.39 is 5.60 Å². The molecule has 2 bridgehead atoms. The highest BCUT2D eigenvalue weighted by Crippen LogP contribution is 2.50. The van der Waals surface area contributed by atoms with E-state index in [1.165, 1.54) is 12.0 Å². The first-order valence-corrected chi connectivity index (χ1v) is 7.63. The van der Waals surface area contributed by atoms with E-state index in [2.05, 4.69) is 24.1 Å². The van der Waals surface area contributed by atoms with E-state index in [0.717, 1.165) is 19.4 Å². The number of nitrogens with zero attached hydrogens (tertiary/aromatic N) is 1. The molecule has 3 heteroatoms. The van der Waals surface area contributed by atoms with Gasteiger partial charge in [0.25, 0.3) is 0 Å². The van der Waals surface area contributed by atoms with Crippen molar-refractivity contribution in [2.75, 3.05) is 13.6 Å². The fraction of sp³-hybridized carbons (Fsp3) is 0.588. The van der Waals surface area contributed by atoms with Gasteiger partial charge in [-0.25, -0.2) is 0 Å². The molecule has 0 amide bonds. The van der Waals surface area contributed by atoms with Crippen molar-refractivity contribution in [2.45, 2.75) is 44.2 Å². The molecule has 4 rings (SSSR count). The lowest BCUT2D eigenvalue weighted by Gasteiger charge is -2.54. The van der Waals surface area contributed by atoms with Gasteiger partial charge in [0.15, 0.2) is 0 Å². The Morgan fingerprint density at radius 2 is 2.10 bits per heavy atom. The molecule has 0 aromatic heterocycles. The van der Waals surface area contributed by atoms with Crippen LogP contribution in [0.2, 0.25) is 0 Å². The highest BCUT2D eigenvalue weighted by molar-refractivity contribution is 5.69. The fourth-order valence-electron chi connectivity index (χ4n) is 3.89. The van der Waals surface area contributed by atoms with Gasteiger partial charge < -0.3 is 9.64 Å². The number of rotatable bonds is 3. The van der Waals surface area contributed by atoms with Crippen LogP contribution in [0.3, 0.4) is 0 Å². The van der Waals surface area contributed by atoms with Crippen molar-refractivity contribution in [1.82, 2.24) is 4.90 Å². The van der Waals surface area contributed by atoms with Crippen LogP contribution in [-0.2, 0) is 15.1 Å². The summed E-state index contributed by atoms with van der Waals surface area (Å²) in [5.74, 6) is 0.333. The van der Waals surface area contributed by atoms with Gasteiger partial charge in [-0.3, -0.25) is 4.79 Å². The third kappa shape index (κ3) is 2.14. The summed E-state index contributed by atoms with van der Waals surface area (Å²) >= 11 is 0. The SMILES string of the molecule is CCC(=O)O[C@@]1(c2ccccc2)C[C@H]2CC[C@H]1CN2C. The lowest BCUT2D eigenvalue weighted by molar-refractivity contribution is -0.189. The van der Waals surface area contributed by atoms with Crippen LogP contribution >= 0.6 is 0 Å².